The molecular formula is C21H21N3O4S. The molecule has 29 heavy (non-hydrogen) atoms. The first kappa shape index (κ1) is 22.0. The second-order valence-corrected chi connectivity index (χ2v) is 7.45. The van der Waals surface area contributed by atoms with E-state index in [2.05, 4.69) is 16.7 Å². The number of carbonyl (C=O) groups is 3. The van der Waals surface area contributed by atoms with E-state index in [1.807, 2.05) is 0 Å². The molecule has 0 aliphatic heterocycles. The summed E-state index contributed by atoms with van der Waals surface area (Å²) in [4.78, 5) is 37.6. The van der Waals surface area contributed by atoms with Gasteiger partial charge in [-0.25, -0.2) is 9.59 Å². The van der Waals surface area contributed by atoms with Crippen molar-refractivity contribution >= 4 is 29.7 Å². The normalized spacial score (nSPS) is 11.3. The van der Waals surface area contributed by atoms with Crippen LogP contribution in [0.4, 0.5) is 4.79 Å². The number of ether oxygens (including phenoxy) is 1. The third kappa shape index (κ3) is 6.36. The molecule has 7 nitrogen and oxygen atoms in total. The SMILES string of the molecule is CC(C)NC(=O)NC(=O)C(C)OC(=O)c1ccccc1Sc1ccccc1C#N. The van der Waals surface area contributed by atoms with E-state index >= 15 is 0 Å². The van der Waals surface area contributed by atoms with Gasteiger partial charge < -0.3 is 10.1 Å². The molecule has 0 saturated carbocycles. The van der Waals surface area contributed by atoms with Gasteiger partial charge in [0.25, 0.3) is 5.91 Å². The summed E-state index contributed by atoms with van der Waals surface area (Å²) in [6, 6.07) is 15.1. The van der Waals surface area contributed by atoms with Crippen LogP contribution < -0.4 is 10.6 Å². The third-order valence-corrected chi connectivity index (χ3v) is 4.80. The summed E-state index contributed by atoms with van der Waals surface area (Å²) < 4.78 is 5.23. The Kier molecular flexibility index (Phi) is 7.80. The third-order valence-electron chi connectivity index (χ3n) is 3.64. The number of hydrogen-bond donors (Lipinski definition) is 2. The fourth-order valence-corrected chi connectivity index (χ4v) is 3.30. The molecule has 0 saturated heterocycles. The molecule has 0 aliphatic carbocycles. The summed E-state index contributed by atoms with van der Waals surface area (Å²) in [6.07, 6.45) is -1.16. The van der Waals surface area contributed by atoms with Crippen LogP contribution in [0.3, 0.4) is 0 Å². The first-order chi connectivity index (χ1) is 13.8. The summed E-state index contributed by atoms with van der Waals surface area (Å²) in [5.41, 5.74) is 0.751. The van der Waals surface area contributed by atoms with Crippen LogP contribution in [-0.2, 0) is 9.53 Å². The maximum absolute atomic E-state index is 12.6. The van der Waals surface area contributed by atoms with Gasteiger partial charge in [0.2, 0.25) is 0 Å². The predicted molar refractivity (Wildman–Crippen MR) is 108 cm³/mol. The van der Waals surface area contributed by atoms with Gasteiger partial charge in [0, 0.05) is 15.8 Å². The Morgan fingerprint density at radius 3 is 2.28 bits per heavy atom. The number of nitrogens with one attached hydrogen (secondary N) is 2. The lowest BCUT2D eigenvalue weighted by molar-refractivity contribution is -0.127. The van der Waals surface area contributed by atoms with Gasteiger partial charge in [-0.05, 0) is 45.0 Å². The molecule has 1 atom stereocenters. The maximum atomic E-state index is 12.6. The van der Waals surface area contributed by atoms with Crippen LogP contribution in [0.1, 0.15) is 36.7 Å². The Labute approximate surface area is 173 Å². The van der Waals surface area contributed by atoms with E-state index in [1.165, 1.54) is 18.7 Å². The molecule has 1 unspecified atom stereocenters. The minimum Gasteiger partial charge on any atom is -0.449 e. The van der Waals surface area contributed by atoms with Gasteiger partial charge in [0.05, 0.1) is 11.1 Å². The molecule has 0 radical (unpaired) electrons. The average molecular weight is 411 g/mol. The number of nitrogens with zero attached hydrogens (tertiary/aromatic N) is 1. The van der Waals surface area contributed by atoms with Crippen molar-refractivity contribution in [2.45, 2.75) is 42.7 Å². The first-order valence-electron chi connectivity index (χ1n) is 8.90. The molecule has 8 heteroatoms. The van der Waals surface area contributed by atoms with Crippen molar-refractivity contribution in [1.29, 1.82) is 5.26 Å². The van der Waals surface area contributed by atoms with E-state index in [0.29, 0.717) is 15.4 Å². The number of carbonyl (C=O) groups excluding carboxylic acids is 3. The highest BCUT2D eigenvalue weighted by molar-refractivity contribution is 7.99. The largest absolute Gasteiger partial charge is 0.449 e. The highest BCUT2D eigenvalue weighted by Crippen LogP contribution is 2.33. The maximum Gasteiger partial charge on any atom is 0.340 e. The molecule has 0 heterocycles. The van der Waals surface area contributed by atoms with Crippen molar-refractivity contribution in [3.63, 3.8) is 0 Å². The van der Waals surface area contributed by atoms with Crippen molar-refractivity contribution < 1.29 is 19.1 Å². The Balaban J connectivity index is 2.11. The van der Waals surface area contributed by atoms with Gasteiger partial charge in [-0.2, -0.15) is 5.26 Å². The molecule has 2 N–H and O–H groups in total. The number of benzene rings is 2. The average Bonchev–Trinajstić information content (AvgIpc) is 2.68. The van der Waals surface area contributed by atoms with Gasteiger partial charge in [-0.1, -0.05) is 36.0 Å². The van der Waals surface area contributed by atoms with Crippen LogP contribution in [0.25, 0.3) is 0 Å². The van der Waals surface area contributed by atoms with Crippen LogP contribution >= 0.6 is 11.8 Å². The van der Waals surface area contributed by atoms with Crippen molar-refractivity contribution in [3.8, 4) is 6.07 Å². The van der Waals surface area contributed by atoms with Crippen molar-refractivity contribution in [2.24, 2.45) is 0 Å². The molecule has 2 aromatic carbocycles. The standard InChI is InChI=1S/C21H21N3O4S/c1-13(2)23-21(27)24-19(25)14(3)28-20(26)16-9-5-7-11-18(16)29-17-10-6-4-8-15(17)12-22/h4-11,13-14H,1-3H3,(H2,23,24,25,27). The highest BCUT2D eigenvalue weighted by atomic mass is 32.2. The molecule has 2 rings (SSSR count). The summed E-state index contributed by atoms with van der Waals surface area (Å²) in [6.45, 7) is 4.90. The van der Waals surface area contributed by atoms with Crippen molar-refractivity contribution in [2.75, 3.05) is 0 Å². The Hall–Kier alpha value is -3.31. The molecule has 2 aromatic rings. The number of rotatable bonds is 6. The van der Waals surface area contributed by atoms with Gasteiger partial charge in [-0.15, -0.1) is 0 Å². The number of esters is 1. The Morgan fingerprint density at radius 1 is 1.00 bits per heavy atom. The quantitative estimate of drug-likeness (QED) is 0.705. The van der Waals surface area contributed by atoms with E-state index in [-0.39, 0.29) is 11.6 Å². The van der Waals surface area contributed by atoms with Crippen LogP contribution in [0.2, 0.25) is 0 Å². The Bertz CT molecular complexity index is 953. The van der Waals surface area contributed by atoms with E-state index < -0.39 is 24.0 Å². The monoisotopic (exact) mass is 411 g/mol. The highest BCUT2D eigenvalue weighted by Gasteiger charge is 2.23. The van der Waals surface area contributed by atoms with Gasteiger partial charge in [-0.3, -0.25) is 10.1 Å². The van der Waals surface area contributed by atoms with Crippen LogP contribution in [0.5, 0.6) is 0 Å². The molecule has 0 spiro atoms. The fourth-order valence-electron chi connectivity index (χ4n) is 2.28. The zero-order valence-electron chi connectivity index (χ0n) is 16.3. The smallest absolute Gasteiger partial charge is 0.340 e. The lowest BCUT2D eigenvalue weighted by atomic mass is 10.2. The lowest BCUT2D eigenvalue weighted by Crippen LogP contribution is -2.46. The molecular weight excluding hydrogens is 390 g/mol. The molecule has 3 amide bonds. The number of nitriles is 1. The summed E-state index contributed by atoms with van der Waals surface area (Å²) >= 11 is 1.26. The molecule has 0 aromatic heterocycles. The van der Waals surface area contributed by atoms with Crippen LogP contribution in [0.15, 0.2) is 58.3 Å². The number of amides is 3. The van der Waals surface area contributed by atoms with E-state index in [0.717, 1.165) is 0 Å². The predicted octanol–water partition coefficient (Wildman–Crippen LogP) is 3.49. The Morgan fingerprint density at radius 2 is 1.62 bits per heavy atom. The summed E-state index contributed by atoms with van der Waals surface area (Å²) in [5.74, 6) is -1.43. The number of imide groups is 1. The molecule has 0 aliphatic rings. The molecule has 0 fully saturated rings. The van der Waals surface area contributed by atoms with Gasteiger partial charge in [0.1, 0.15) is 6.07 Å². The fraction of sp³-hybridized carbons (Fsp3) is 0.238. The van der Waals surface area contributed by atoms with E-state index in [1.54, 1.807) is 62.4 Å². The number of urea groups is 1. The minimum absolute atomic E-state index is 0.138. The minimum atomic E-state index is -1.16. The van der Waals surface area contributed by atoms with Gasteiger partial charge in [0.15, 0.2) is 6.10 Å². The molecule has 0 bridgehead atoms. The lowest BCUT2D eigenvalue weighted by Gasteiger charge is -2.15. The molecule has 150 valence electrons. The van der Waals surface area contributed by atoms with Crippen LogP contribution in [0, 0.1) is 11.3 Å². The van der Waals surface area contributed by atoms with E-state index in [9.17, 15) is 19.6 Å². The second kappa shape index (κ2) is 10.3. The zero-order chi connectivity index (χ0) is 21.4. The summed E-state index contributed by atoms with van der Waals surface area (Å²) in [7, 11) is 0. The topological polar surface area (TPSA) is 108 Å². The second-order valence-electron chi connectivity index (χ2n) is 6.37. The number of hydrogen-bond acceptors (Lipinski definition) is 6. The van der Waals surface area contributed by atoms with E-state index in [4.69, 9.17) is 4.74 Å². The van der Waals surface area contributed by atoms with Crippen LogP contribution in [-0.4, -0.2) is 30.1 Å². The zero-order valence-corrected chi connectivity index (χ0v) is 17.1. The van der Waals surface area contributed by atoms with Gasteiger partial charge >= 0.3 is 12.0 Å². The van der Waals surface area contributed by atoms with Crippen molar-refractivity contribution in [1.82, 2.24) is 10.6 Å². The first-order valence-corrected chi connectivity index (χ1v) is 9.71. The summed E-state index contributed by atoms with van der Waals surface area (Å²) in [5, 5.41) is 13.9. The van der Waals surface area contributed by atoms with Crippen molar-refractivity contribution in [3.05, 3.63) is 59.7 Å².